The van der Waals surface area contributed by atoms with Crippen LogP contribution in [0.25, 0.3) is 0 Å². The zero-order chi connectivity index (χ0) is 27.9. The molecule has 0 aliphatic heterocycles. The van der Waals surface area contributed by atoms with Crippen molar-refractivity contribution in [1.29, 1.82) is 0 Å². The maximum absolute atomic E-state index is 14.1. The second-order valence-electron chi connectivity index (χ2n) is 7.68. The van der Waals surface area contributed by atoms with E-state index in [0.717, 1.165) is 0 Å². The fourth-order valence-corrected chi connectivity index (χ4v) is 3.39. The van der Waals surface area contributed by atoms with Crippen LogP contribution in [0.5, 0.6) is 0 Å². The number of hydrogen-bond donors (Lipinski definition) is 6. The summed E-state index contributed by atoms with van der Waals surface area (Å²) < 4.78 is 137. The number of hydrogen-bond acceptors (Lipinski definition) is 6. The molecule has 0 radical (unpaired) electrons. The number of aliphatic hydroxyl groups excluding tert-OH is 5. The lowest BCUT2D eigenvalue weighted by Crippen LogP contribution is -2.62. The monoisotopic (exact) mass is 542 g/mol. The van der Waals surface area contributed by atoms with Gasteiger partial charge < -0.3 is 30.6 Å². The third kappa shape index (κ3) is 5.01. The minimum absolute atomic E-state index is 1.46. The summed E-state index contributed by atoms with van der Waals surface area (Å²) in [5.41, 5.74) is -7.42. The Bertz CT molecular complexity index is 1090. The van der Waals surface area contributed by atoms with Crippen LogP contribution in [0.3, 0.4) is 0 Å². The predicted molar refractivity (Wildman–Crippen MR) is 95.9 cm³/mol. The minimum atomic E-state index is -3.76. The van der Waals surface area contributed by atoms with Crippen LogP contribution in [0, 0.1) is 58.2 Å². The van der Waals surface area contributed by atoms with Crippen LogP contribution in [-0.2, 0) is 12.8 Å². The van der Waals surface area contributed by atoms with Crippen molar-refractivity contribution in [3.63, 3.8) is 0 Å². The third-order valence-corrected chi connectivity index (χ3v) is 5.41. The molecule has 0 bridgehead atoms. The first-order valence-electron chi connectivity index (χ1n) is 9.58. The molecular weight excluding hydrogens is 526 g/mol. The van der Waals surface area contributed by atoms with Crippen molar-refractivity contribution in [1.82, 2.24) is 0 Å². The molecule has 0 aliphatic rings. The van der Waals surface area contributed by atoms with E-state index >= 15 is 0 Å². The topological polar surface area (TPSA) is 121 Å². The molecular formula is C20H16F10O6. The molecule has 2 aromatic rings. The number of rotatable bonds is 9. The third-order valence-electron chi connectivity index (χ3n) is 5.41. The van der Waals surface area contributed by atoms with Gasteiger partial charge in [-0.25, -0.2) is 43.9 Å². The van der Waals surface area contributed by atoms with Gasteiger partial charge in [-0.1, -0.05) is 0 Å². The first-order valence-corrected chi connectivity index (χ1v) is 9.58. The molecule has 0 aliphatic carbocycles. The van der Waals surface area contributed by atoms with Gasteiger partial charge in [0.05, 0.1) is 12.7 Å². The van der Waals surface area contributed by atoms with Crippen LogP contribution < -0.4 is 0 Å². The van der Waals surface area contributed by atoms with Gasteiger partial charge in [-0.2, -0.15) is 0 Å². The van der Waals surface area contributed by atoms with Gasteiger partial charge in [0.2, 0.25) is 11.6 Å². The summed E-state index contributed by atoms with van der Waals surface area (Å²) >= 11 is 0. The molecule has 16 heteroatoms. The lowest BCUT2D eigenvalue weighted by atomic mass is 9.78. The van der Waals surface area contributed by atoms with Gasteiger partial charge >= 0.3 is 0 Å². The Hall–Kier alpha value is -2.50. The highest BCUT2D eigenvalue weighted by Crippen LogP contribution is 2.33. The standard InChI is InChI=1S/C20H16F10O6/c21-8-4(9(22)13(26)16(29)12(8)25)1-6(32)18(34)20(36,19(35)7(33)3-31)2-5-10(23)14(27)17(30)15(28)11(5)24/h6-7,18-19,31-36H,1-3H2/t6?,7-,18+,19+,20+/m0/s1. The maximum atomic E-state index is 14.1. The molecule has 0 saturated carbocycles. The van der Waals surface area contributed by atoms with Crippen molar-refractivity contribution in [2.75, 3.05) is 6.61 Å². The summed E-state index contributed by atoms with van der Waals surface area (Å²) in [7, 11) is 0. The maximum Gasteiger partial charge on any atom is 0.200 e. The molecule has 0 aromatic heterocycles. The second kappa shape index (κ2) is 10.9. The lowest BCUT2D eigenvalue weighted by Gasteiger charge is -2.40. The molecule has 0 amide bonds. The van der Waals surface area contributed by atoms with Crippen LogP contribution in [0.4, 0.5) is 43.9 Å². The molecule has 0 heterocycles. The van der Waals surface area contributed by atoms with Gasteiger partial charge in [-0.15, -0.1) is 0 Å². The molecule has 6 N–H and O–H groups in total. The van der Waals surface area contributed by atoms with Crippen LogP contribution in [0.15, 0.2) is 0 Å². The number of benzene rings is 2. The first kappa shape index (κ1) is 29.7. The molecule has 6 nitrogen and oxygen atoms in total. The van der Waals surface area contributed by atoms with Crippen molar-refractivity contribution < 1.29 is 74.5 Å². The van der Waals surface area contributed by atoms with E-state index in [2.05, 4.69) is 0 Å². The van der Waals surface area contributed by atoms with E-state index in [-0.39, 0.29) is 0 Å². The van der Waals surface area contributed by atoms with Gasteiger partial charge in [0.25, 0.3) is 0 Å². The largest absolute Gasteiger partial charge is 0.394 e. The Balaban J connectivity index is 2.60. The summed E-state index contributed by atoms with van der Waals surface area (Å²) in [5, 5.41) is 60.0. The fraction of sp³-hybridized carbons (Fsp3) is 0.400. The molecule has 2 aromatic carbocycles. The number of halogens is 10. The van der Waals surface area contributed by atoms with Gasteiger partial charge in [0.15, 0.2) is 46.5 Å². The predicted octanol–water partition coefficient (Wildman–Crippen LogP) is 1.03. The molecule has 5 atom stereocenters. The van der Waals surface area contributed by atoms with Gasteiger partial charge in [-0.3, -0.25) is 0 Å². The zero-order valence-electron chi connectivity index (χ0n) is 17.4. The Kier molecular flexibility index (Phi) is 8.97. The summed E-state index contributed by atoms with van der Waals surface area (Å²) in [6.07, 6.45) is -15.2. The smallest absolute Gasteiger partial charge is 0.200 e. The van der Waals surface area contributed by atoms with Crippen LogP contribution in [-0.4, -0.2) is 67.3 Å². The summed E-state index contributed by atoms with van der Waals surface area (Å²) in [5.74, 6) is -25.4. The summed E-state index contributed by atoms with van der Waals surface area (Å²) in [6, 6.07) is 0. The number of aliphatic hydroxyl groups is 6. The molecule has 2 rings (SSSR count). The average molecular weight is 542 g/mol. The highest BCUT2D eigenvalue weighted by molar-refractivity contribution is 5.28. The van der Waals surface area contributed by atoms with Crippen molar-refractivity contribution in [2.45, 2.75) is 42.9 Å². The van der Waals surface area contributed by atoms with Crippen molar-refractivity contribution in [3.05, 3.63) is 69.3 Å². The quantitative estimate of drug-likeness (QED) is 0.160. The van der Waals surface area contributed by atoms with Crippen LogP contribution >= 0.6 is 0 Å². The van der Waals surface area contributed by atoms with Gasteiger partial charge in [0.1, 0.15) is 23.9 Å². The fourth-order valence-electron chi connectivity index (χ4n) is 3.39. The SMILES string of the molecule is OC[C@H](O)[C@@H](O)[C@@](O)(Cc1c(F)c(F)c(F)c(F)c1F)[C@H](O)C(O)Cc1c(F)c(F)c(F)c(F)c1F. The van der Waals surface area contributed by atoms with E-state index in [9.17, 15) is 69.4 Å². The molecule has 0 saturated heterocycles. The van der Waals surface area contributed by atoms with Crippen molar-refractivity contribution in [2.24, 2.45) is 0 Å². The normalized spacial score (nSPS) is 17.0. The van der Waals surface area contributed by atoms with E-state index in [0.29, 0.717) is 0 Å². The Morgan fingerprint density at radius 3 is 1.17 bits per heavy atom. The Labute approximate surface area is 194 Å². The van der Waals surface area contributed by atoms with Crippen molar-refractivity contribution in [3.8, 4) is 0 Å². The molecule has 202 valence electrons. The summed E-state index contributed by atoms with van der Waals surface area (Å²) in [6.45, 7) is -1.46. The van der Waals surface area contributed by atoms with E-state index in [1.165, 1.54) is 0 Å². The minimum Gasteiger partial charge on any atom is -0.394 e. The van der Waals surface area contributed by atoms with E-state index in [1.54, 1.807) is 0 Å². The molecule has 36 heavy (non-hydrogen) atoms. The van der Waals surface area contributed by atoms with E-state index in [4.69, 9.17) is 5.11 Å². The molecule has 0 fully saturated rings. The van der Waals surface area contributed by atoms with Crippen LogP contribution in [0.1, 0.15) is 11.1 Å². The molecule has 0 spiro atoms. The first-order chi connectivity index (χ1) is 16.5. The van der Waals surface area contributed by atoms with Crippen molar-refractivity contribution >= 4 is 0 Å². The highest BCUT2D eigenvalue weighted by atomic mass is 19.2. The Morgan fingerprint density at radius 1 is 0.500 bits per heavy atom. The second-order valence-corrected chi connectivity index (χ2v) is 7.68. The highest BCUT2D eigenvalue weighted by Gasteiger charge is 2.50. The lowest BCUT2D eigenvalue weighted by molar-refractivity contribution is -0.204. The molecule has 1 unspecified atom stereocenters. The summed E-state index contributed by atoms with van der Waals surface area (Å²) in [4.78, 5) is 0. The van der Waals surface area contributed by atoms with Crippen LogP contribution in [0.2, 0.25) is 0 Å². The van der Waals surface area contributed by atoms with Gasteiger partial charge in [0, 0.05) is 24.0 Å². The van der Waals surface area contributed by atoms with Gasteiger partial charge in [-0.05, 0) is 0 Å². The Morgan fingerprint density at radius 2 is 0.806 bits per heavy atom. The average Bonchev–Trinajstić information content (AvgIpc) is 2.87. The van der Waals surface area contributed by atoms with E-state index in [1.807, 2.05) is 0 Å². The van der Waals surface area contributed by atoms with E-state index < -0.39 is 119 Å². The zero-order valence-corrected chi connectivity index (χ0v) is 17.4.